The number of hydrogen-bond acceptors (Lipinski definition) is 3. The molecule has 1 aromatic rings. The first-order valence-corrected chi connectivity index (χ1v) is 7.81. The molecular weight excluding hydrogens is 286 g/mol. The van der Waals surface area contributed by atoms with Crippen LogP contribution in [-0.2, 0) is 4.79 Å². The number of likely N-dealkylation sites (N-methyl/N-ethyl adjacent to an activating group) is 2. The Kier molecular flexibility index (Phi) is 7.72. The molecule has 0 aliphatic heterocycles. The van der Waals surface area contributed by atoms with Gasteiger partial charge in [0.15, 0.2) is 0 Å². The topological polar surface area (TPSA) is 35.6 Å². The summed E-state index contributed by atoms with van der Waals surface area (Å²) in [5, 5.41) is 3.48. The van der Waals surface area contributed by atoms with Gasteiger partial charge in [0.2, 0.25) is 5.91 Å². The van der Waals surface area contributed by atoms with E-state index in [-0.39, 0.29) is 5.91 Å². The van der Waals surface area contributed by atoms with Crippen LogP contribution in [0.15, 0.2) is 18.2 Å². The summed E-state index contributed by atoms with van der Waals surface area (Å²) in [7, 11) is 1.96. The Balaban J connectivity index is 2.46. The predicted molar refractivity (Wildman–Crippen MR) is 90.1 cm³/mol. The number of para-hydroxylation sites is 1. The van der Waals surface area contributed by atoms with Gasteiger partial charge in [-0.05, 0) is 38.7 Å². The molecule has 0 heterocycles. The van der Waals surface area contributed by atoms with Crippen molar-refractivity contribution in [1.82, 2.24) is 9.80 Å². The van der Waals surface area contributed by atoms with Crippen molar-refractivity contribution in [2.45, 2.75) is 20.8 Å². The third-order valence-corrected chi connectivity index (χ3v) is 3.91. The van der Waals surface area contributed by atoms with E-state index >= 15 is 0 Å². The number of benzene rings is 1. The van der Waals surface area contributed by atoms with Crippen LogP contribution in [0.5, 0.6) is 0 Å². The molecule has 0 aliphatic carbocycles. The van der Waals surface area contributed by atoms with Gasteiger partial charge in [-0.15, -0.1) is 0 Å². The summed E-state index contributed by atoms with van der Waals surface area (Å²) in [5.74, 6) is -0.0340. The van der Waals surface area contributed by atoms with Crippen molar-refractivity contribution in [1.29, 1.82) is 0 Å². The first kappa shape index (κ1) is 18.0. The summed E-state index contributed by atoms with van der Waals surface area (Å²) < 4.78 is 0. The summed E-state index contributed by atoms with van der Waals surface area (Å²) in [6, 6.07) is 5.60. The van der Waals surface area contributed by atoms with E-state index < -0.39 is 0 Å². The number of halogens is 1. The molecule has 118 valence electrons. The molecule has 0 spiro atoms. The van der Waals surface area contributed by atoms with Gasteiger partial charge in [0.1, 0.15) is 0 Å². The van der Waals surface area contributed by atoms with E-state index in [1.54, 1.807) is 6.07 Å². The maximum Gasteiger partial charge on any atom is 0.238 e. The molecule has 1 rings (SSSR count). The summed E-state index contributed by atoms with van der Waals surface area (Å²) in [6.45, 7) is 10.5. The first-order valence-electron chi connectivity index (χ1n) is 7.43. The monoisotopic (exact) mass is 311 g/mol. The van der Waals surface area contributed by atoms with Crippen LogP contribution in [0.2, 0.25) is 5.02 Å². The van der Waals surface area contributed by atoms with Gasteiger partial charge in [-0.25, -0.2) is 0 Å². The zero-order valence-corrected chi connectivity index (χ0v) is 14.2. The van der Waals surface area contributed by atoms with Gasteiger partial charge < -0.3 is 10.2 Å². The highest BCUT2D eigenvalue weighted by Gasteiger charge is 2.11. The fourth-order valence-electron chi connectivity index (χ4n) is 2.15. The normalized spacial score (nSPS) is 11.2. The maximum atomic E-state index is 12.1. The summed E-state index contributed by atoms with van der Waals surface area (Å²) >= 11 is 6.12. The second kappa shape index (κ2) is 9.03. The number of carbonyl (C=O) groups excluding carboxylic acids is 1. The number of nitrogens with one attached hydrogen (secondary N) is 1. The number of aryl methyl sites for hydroxylation is 1. The van der Waals surface area contributed by atoms with Crippen molar-refractivity contribution < 1.29 is 4.79 Å². The van der Waals surface area contributed by atoms with Crippen molar-refractivity contribution >= 4 is 23.2 Å². The van der Waals surface area contributed by atoms with Crippen LogP contribution in [0.1, 0.15) is 19.4 Å². The van der Waals surface area contributed by atoms with E-state index in [2.05, 4.69) is 24.1 Å². The zero-order chi connectivity index (χ0) is 15.8. The molecule has 0 saturated heterocycles. The van der Waals surface area contributed by atoms with Crippen LogP contribution in [0.3, 0.4) is 0 Å². The Labute approximate surface area is 133 Å². The molecule has 0 radical (unpaired) electrons. The van der Waals surface area contributed by atoms with Crippen LogP contribution in [0, 0.1) is 6.92 Å². The standard InChI is InChI=1S/C16H26ClN3O/c1-5-20(6-2)11-10-19(4)12-15(21)18-16-13(3)8-7-9-14(16)17/h7-9H,5-6,10-12H2,1-4H3,(H,18,21). The fourth-order valence-corrected chi connectivity index (χ4v) is 2.41. The van der Waals surface area contributed by atoms with E-state index in [1.807, 2.05) is 31.0 Å². The summed E-state index contributed by atoms with van der Waals surface area (Å²) in [5.41, 5.74) is 1.68. The molecular formula is C16H26ClN3O. The minimum atomic E-state index is -0.0340. The number of nitrogens with zero attached hydrogens (tertiary/aromatic N) is 2. The molecule has 5 heteroatoms. The number of amides is 1. The lowest BCUT2D eigenvalue weighted by molar-refractivity contribution is -0.117. The van der Waals surface area contributed by atoms with E-state index in [0.717, 1.165) is 31.7 Å². The predicted octanol–water partition coefficient (Wildman–Crippen LogP) is 2.86. The van der Waals surface area contributed by atoms with Gasteiger partial charge in [0.25, 0.3) is 0 Å². The molecule has 0 aliphatic rings. The number of hydrogen-bond donors (Lipinski definition) is 1. The Bertz CT molecular complexity index is 441. The van der Waals surface area contributed by atoms with Gasteiger partial charge in [0.05, 0.1) is 17.3 Å². The van der Waals surface area contributed by atoms with Crippen molar-refractivity contribution in [2.75, 3.05) is 45.1 Å². The average molecular weight is 312 g/mol. The molecule has 0 saturated carbocycles. The van der Waals surface area contributed by atoms with Crippen LogP contribution < -0.4 is 5.32 Å². The largest absolute Gasteiger partial charge is 0.323 e. The van der Waals surface area contributed by atoms with Crippen LogP contribution in [-0.4, -0.2) is 55.5 Å². The summed E-state index contributed by atoms with van der Waals surface area (Å²) in [4.78, 5) is 16.5. The Morgan fingerprint density at radius 3 is 2.48 bits per heavy atom. The molecule has 0 aromatic heterocycles. The third kappa shape index (κ3) is 6.04. The molecule has 0 fully saturated rings. The molecule has 4 nitrogen and oxygen atoms in total. The smallest absolute Gasteiger partial charge is 0.238 e. The molecule has 21 heavy (non-hydrogen) atoms. The molecule has 1 N–H and O–H groups in total. The summed E-state index contributed by atoms with van der Waals surface area (Å²) in [6.07, 6.45) is 0. The van der Waals surface area contributed by atoms with E-state index in [1.165, 1.54) is 0 Å². The molecule has 0 atom stereocenters. The second-order valence-corrected chi connectivity index (χ2v) is 5.65. The number of carbonyl (C=O) groups is 1. The Morgan fingerprint density at radius 1 is 1.24 bits per heavy atom. The lowest BCUT2D eigenvalue weighted by Gasteiger charge is -2.22. The maximum absolute atomic E-state index is 12.1. The zero-order valence-electron chi connectivity index (χ0n) is 13.4. The molecule has 1 amide bonds. The Morgan fingerprint density at radius 2 is 1.90 bits per heavy atom. The highest BCUT2D eigenvalue weighted by Crippen LogP contribution is 2.24. The lowest BCUT2D eigenvalue weighted by atomic mass is 10.2. The highest BCUT2D eigenvalue weighted by atomic mass is 35.5. The first-order chi connectivity index (χ1) is 9.97. The van der Waals surface area contributed by atoms with Crippen LogP contribution >= 0.6 is 11.6 Å². The van der Waals surface area contributed by atoms with Crippen LogP contribution in [0.4, 0.5) is 5.69 Å². The van der Waals surface area contributed by atoms with Gasteiger partial charge >= 0.3 is 0 Å². The van der Waals surface area contributed by atoms with Gasteiger partial charge in [-0.3, -0.25) is 9.69 Å². The minimum absolute atomic E-state index is 0.0340. The van der Waals surface area contributed by atoms with Gasteiger partial charge in [-0.1, -0.05) is 37.6 Å². The third-order valence-electron chi connectivity index (χ3n) is 3.59. The second-order valence-electron chi connectivity index (χ2n) is 5.24. The van der Waals surface area contributed by atoms with E-state index in [0.29, 0.717) is 17.3 Å². The van der Waals surface area contributed by atoms with Gasteiger partial charge in [-0.2, -0.15) is 0 Å². The molecule has 0 bridgehead atoms. The number of anilines is 1. The molecule has 1 aromatic carbocycles. The van der Waals surface area contributed by atoms with Crippen molar-refractivity contribution in [2.24, 2.45) is 0 Å². The van der Waals surface area contributed by atoms with Crippen LogP contribution in [0.25, 0.3) is 0 Å². The van der Waals surface area contributed by atoms with E-state index in [4.69, 9.17) is 11.6 Å². The van der Waals surface area contributed by atoms with Crippen molar-refractivity contribution in [3.8, 4) is 0 Å². The minimum Gasteiger partial charge on any atom is -0.323 e. The van der Waals surface area contributed by atoms with Crippen molar-refractivity contribution in [3.63, 3.8) is 0 Å². The average Bonchev–Trinajstić information content (AvgIpc) is 2.44. The lowest BCUT2D eigenvalue weighted by Crippen LogP contribution is -2.37. The van der Waals surface area contributed by atoms with E-state index in [9.17, 15) is 4.79 Å². The van der Waals surface area contributed by atoms with Gasteiger partial charge in [0, 0.05) is 13.1 Å². The molecule has 0 unspecified atom stereocenters. The quantitative estimate of drug-likeness (QED) is 0.802. The SMILES string of the molecule is CCN(CC)CCN(C)CC(=O)Nc1c(C)cccc1Cl. The number of rotatable bonds is 8. The Hall–Kier alpha value is -1.10. The fraction of sp³-hybridized carbons (Fsp3) is 0.562. The van der Waals surface area contributed by atoms with Crippen molar-refractivity contribution in [3.05, 3.63) is 28.8 Å². The highest BCUT2D eigenvalue weighted by molar-refractivity contribution is 6.33.